The lowest BCUT2D eigenvalue weighted by Crippen LogP contribution is -2.29. The van der Waals surface area contributed by atoms with Crippen LogP contribution < -0.4 is 10.6 Å². The summed E-state index contributed by atoms with van der Waals surface area (Å²) in [6, 6.07) is 0.738. The summed E-state index contributed by atoms with van der Waals surface area (Å²) in [5.74, 6) is 0.899. The predicted molar refractivity (Wildman–Crippen MR) is 48.8 cm³/mol. The SMILES string of the molecule is C1CC2CCC3NCCC3=C2N1. The summed E-state index contributed by atoms with van der Waals surface area (Å²) in [6.45, 7) is 2.42. The van der Waals surface area contributed by atoms with Gasteiger partial charge in [0, 0.05) is 24.2 Å². The number of allylic oxidation sites excluding steroid dienone is 1. The Labute approximate surface area is 73.4 Å². The summed E-state index contributed by atoms with van der Waals surface area (Å²) in [7, 11) is 0. The van der Waals surface area contributed by atoms with Crippen molar-refractivity contribution in [1.82, 2.24) is 10.6 Å². The van der Waals surface area contributed by atoms with E-state index >= 15 is 0 Å². The van der Waals surface area contributed by atoms with E-state index in [-0.39, 0.29) is 0 Å². The van der Waals surface area contributed by atoms with Crippen LogP contribution in [0.15, 0.2) is 11.3 Å². The van der Waals surface area contributed by atoms with Crippen LogP contribution in [0.2, 0.25) is 0 Å². The Balaban J connectivity index is 2.00. The lowest BCUT2D eigenvalue weighted by molar-refractivity contribution is 0.464. The van der Waals surface area contributed by atoms with E-state index in [2.05, 4.69) is 10.6 Å². The van der Waals surface area contributed by atoms with E-state index in [1.54, 1.807) is 11.3 Å². The number of nitrogens with one attached hydrogen (secondary N) is 2. The molecule has 2 fully saturated rings. The molecule has 66 valence electrons. The molecule has 0 amide bonds. The normalized spacial score (nSPS) is 39.3. The molecule has 0 spiro atoms. The third-order valence-corrected chi connectivity index (χ3v) is 3.57. The van der Waals surface area contributed by atoms with Crippen molar-refractivity contribution in [3.8, 4) is 0 Å². The summed E-state index contributed by atoms with van der Waals surface area (Å²) in [5, 5.41) is 7.14. The molecule has 2 nitrogen and oxygen atoms in total. The van der Waals surface area contributed by atoms with E-state index in [4.69, 9.17) is 0 Å². The van der Waals surface area contributed by atoms with Gasteiger partial charge in [0.25, 0.3) is 0 Å². The number of hydrogen-bond donors (Lipinski definition) is 2. The zero-order valence-electron chi connectivity index (χ0n) is 7.40. The quantitative estimate of drug-likeness (QED) is 0.558. The van der Waals surface area contributed by atoms with Gasteiger partial charge in [0.05, 0.1) is 0 Å². The monoisotopic (exact) mass is 164 g/mol. The number of hydrogen-bond acceptors (Lipinski definition) is 2. The van der Waals surface area contributed by atoms with Crippen LogP contribution in [0.5, 0.6) is 0 Å². The Morgan fingerprint density at radius 2 is 2.08 bits per heavy atom. The van der Waals surface area contributed by atoms with Gasteiger partial charge in [-0.2, -0.15) is 0 Å². The molecular weight excluding hydrogens is 148 g/mol. The van der Waals surface area contributed by atoms with Crippen LogP contribution in [-0.2, 0) is 0 Å². The van der Waals surface area contributed by atoms with Crippen LogP contribution in [0, 0.1) is 5.92 Å². The summed E-state index contributed by atoms with van der Waals surface area (Å²) < 4.78 is 0. The lowest BCUT2D eigenvalue weighted by atomic mass is 9.85. The second-order valence-electron chi connectivity index (χ2n) is 4.19. The third kappa shape index (κ3) is 0.845. The topological polar surface area (TPSA) is 24.1 Å². The molecule has 0 aromatic rings. The van der Waals surface area contributed by atoms with Gasteiger partial charge >= 0.3 is 0 Å². The molecule has 3 aliphatic rings. The first kappa shape index (κ1) is 6.96. The summed E-state index contributed by atoms with van der Waals surface area (Å²) >= 11 is 0. The first-order chi connectivity index (χ1) is 5.95. The Morgan fingerprint density at radius 3 is 3.08 bits per heavy atom. The highest BCUT2D eigenvalue weighted by molar-refractivity contribution is 5.29. The van der Waals surface area contributed by atoms with Gasteiger partial charge in [0.15, 0.2) is 0 Å². The minimum absolute atomic E-state index is 0.738. The van der Waals surface area contributed by atoms with Gasteiger partial charge in [-0.05, 0) is 37.8 Å². The molecule has 2 saturated heterocycles. The molecule has 12 heavy (non-hydrogen) atoms. The average molecular weight is 164 g/mol. The van der Waals surface area contributed by atoms with Gasteiger partial charge in [0.1, 0.15) is 0 Å². The fraction of sp³-hybridized carbons (Fsp3) is 0.800. The number of rotatable bonds is 0. The Kier molecular flexibility index (Phi) is 1.44. The lowest BCUT2D eigenvalue weighted by Gasteiger charge is -2.25. The van der Waals surface area contributed by atoms with E-state index in [0.29, 0.717) is 0 Å². The molecule has 2 aliphatic heterocycles. The van der Waals surface area contributed by atoms with Crippen molar-refractivity contribution >= 4 is 0 Å². The van der Waals surface area contributed by atoms with Gasteiger partial charge in [-0.1, -0.05) is 0 Å². The standard InChI is InChI=1S/C10H16N2/c1-2-9-8(4-6-11-9)10-7(1)3-5-12-10/h7,9,11-12H,1-6H2. The second-order valence-corrected chi connectivity index (χ2v) is 4.19. The Hall–Kier alpha value is -0.500. The molecule has 3 rings (SSSR count). The maximum Gasteiger partial charge on any atom is 0.0300 e. The fourth-order valence-corrected chi connectivity index (χ4v) is 2.98. The molecular formula is C10H16N2. The fourth-order valence-electron chi connectivity index (χ4n) is 2.98. The molecule has 0 bridgehead atoms. The van der Waals surface area contributed by atoms with E-state index < -0.39 is 0 Å². The van der Waals surface area contributed by atoms with Crippen molar-refractivity contribution in [2.45, 2.75) is 31.7 Å². The predicted octanol–water partition coefficient (Wildman–Crippen LogP) is 1.01. The van der Waals surface area contributed by atoms with Crippen LogP contribution in [-0.4, -0.2) is 19.1 Å². The second kappa shape index (κ2) is 2.49. The van der Waals surface area contributed by atoms with Crippen LogP contribution in [0.25, 0.3) is 0 Å². The first-order valence-electron chi connectivity index (χ1n) is 5.15. The molecule has 1 aliphatic carbocycles. The van der Waals surface area contributed by atoms with Gasteiger partial charge < -0.3 is 10.6 Å². The first-order valence-corrected chi connectivity index (χ1v) is 5.15. The zero-order valence-corrected chi connectivity index (χ0v) is 7.40. The molecule has 0 radical (unpaired) electrons. The zero-order chi connectivity index (χ0) is 7.97. The molecule has 0 aromatic carbocycles. The van der Waals surface area contributed by atoms with E-state index in [9.17, 15) is 0 Å². The molecule has 2 atom stereocenters. The minimum Gasteiger partial charge on any atom is -0.388 e. The van der Waals surface area contributed by atoms with E-state index in [0.717, 1.165) is 12.0 Å². The smallest absolute Gasteiger partial charge is 0.0300 e. The van der Waals surface area contributed by atoms with Crippen molar-refractivity contribution in [1.29, 1.82) is 0 Å². The van der Waals surface area contributed by atoms with Crippen molar-refractivity contribution in [2.24, 2.45) is 5.92 Å². The summed E-state index contributed by atoms with van der Waals surface area (Å²) in [6.07, 6.45) is 5.46. The van der Waals surface area contributed by atoms with E-state index in [1.807, 2.05) is 0 Å². The Morgan fingerprint density at radius 1 is 1.08 bits per heavy atom. The van der Waals surface area contributed by atoms with Crippen LogP contribution in [0.4, 0.5) is 0 Å². The summed E-state index contributed by atoms with van der Waals surface area (Å²) in [4.78, 5) is 0. The highest BCUT2D eigenvalue weighted by Gasteiger charge is 2.34. The van der Waals surface area contributed by atoms with Crippen molar-refractivity contribution < 1.29 is 0 Å². The molecule has 0 aromatic heterocycles. The number of fused-ring (bicyclic) bond motifs is 2. The van der Waals surface area contributed by atoms with Gasteiger partial charge in [-0.15, -0.1) is 0 Å². The minimum atomic E-state index is 0.738. The molecule has 2 heterocycles. The highest BCUT2D eigenvalue weighted by Crippen LogP contribution is 2.37. The van der Waals surface area contributed by atoms with Crippen LogP contribution in [0.3, 0.4) is 0 Å². The van der Waals surface area contributed by atoms with Crippen molar-refractivity contribution in [3.63, 3.8) is 0 Å². The van der Waals surface area contributed by atoms with Gasteiger partial charge in [-0.3, -0.25) is 0 Å². The average Bonchev–Trinajstić information content (AvgIpc) is 2.71. The molecule has 2 heteroatoms. The third-order valence-electron chi connectivity index (χ3n) is 3.57. The molecule has 2 N–H and O–H groups in total. The van der Waals surface area contributed by atoms with Crippen molar-refractivity contribution in [3.05, 3.63) is 11.3 Å². The van der Waals surface area contributed by atoms with Crippen LogP contribution >= 0.6 is 0 Å². The highest BCUT2D eigenvalue weighted by atomic mass is 15.0. The summed E-state index contributed by atoms with van der Waals surface area (Å²) in [5.41, 5.74) is 3.33. The van der Waals surface area contributed by atoms with Gasteiger partial charge in [-0.25, -0.2) is 0 Å². The molecule has 0 saturated carbocycles. The van der Waals surface area contributed by atoms with E-state index in [1.165, 1.54) is 38.8 Å². The maximum atomic E-state index is 3.57. The maximum absolute atomic E-state index is 3.57. The molecule has 2 unspecified atom stereocenters. The Bertz CT molecular complexity index is 208. The van der Waals surface area contributed by atoms with Gasteiger partial charge in [0.2, 0.25) is 0 Å². The largest absolute Gasteiger partial charge is 0.388 e. The van der Waals surface area contributed by atoms with Crippen molar-refractivity contribution in [2.75, 3.05) is 13.1 Å². The van der Waals surface area contributed by atoms with Crippen LogP contribution in [0.1, 0.15) is 25.7 Å².